The molecule has 9 N–H and O–H groups in total. The first-order valence-electron chi connectivity index (χ1n) is 15.5. The largest absolute Gasteiger partial charge is 0.505 e. The number of aromatic nitrogens is 3. The number of benzene rings is 4. The van der Waals surface area contributed by atoms with Crippen molar-refractivity contribution in [1.82, 2.24) is 15.0 Å². The van der Waals surface area contributed by atoms with Gasteiger partial charge >= 0.3 is 0 Å². The molecule has 0 spiro atoms. The Morgan fingerprint density at radius 3 is 2.18 bits per heavy atom. The minimum atomic E-state index is -5.18. The van der Waals surface area contributed by atoms with Crippen LogP contribution in [0.2, 0.25) is 5.28 Å². The van der Waals surface area contributed by atoms with Gasteiger partial charge in [0.1, 0.15) is 32.5 Å². The van der Waals surface area contributed by atoms with Crippen LogP contribution in [-0.2, 0) is 53.0 Å². The predicted molar refractivity (Wildman–Crippen MR) is 210 cm³/mol. The number of aromatic hydroxyl groups is 1. The average Bonchev–Trinajstić information content (AvgIpc) is 3.18. The van der Waals surface area contributed by atoms with E-state index < -0.39 is 79.9 Å². The zero-order valence-electron chi connectivity index (χ0n) is 29.4. The lowest BCUT2D eigenvalue weighted by molar-refractivity contribution is -0.434. The summed E-state index contributed by atoms with van der Waals surface area (Å²) in [5.41, 5.74) is 6.56. The lowest BCUT2D eigenvalue weighted by Gasteiger charge is -2.12. The number of rotatable bonds is 19. The highest BCUT2D eigenvalue weighted by Crippen LogP contribution is 2.48. The van der Waals surface area contributed by atoms with Crippen LogP contribution in [0, 0.1) is 6.57 Å². The number of nitrogen functional groups attached to an aromatic ring is 1. The molecule has 4 aromatic carbocycles. The molecule has 0 radical (unpaired) electrons. The summed E-state index contributed by atoms with van der Waals surface area (Å²) in [6, 6.07) is 9.43. The molecule has 0 saturated carbocycles. The molecule has 322 valence electrons. The summed E-state index contributed by atoms with van der Waals surface area (Å²) in [6.45, 7) is 6.40. The number of nitrogens with zero attached hydrogens (tertiary/aromatic N) is 8. The minimum absolute atomic E-state index is 0.0300. The van der Waals surface area contributed by atoms with Crippen LogP contribution in [0.25, 0.3) is 15.7 Å². The zero-order chi connectivity index (χ0) is 44.5. The third-order valence-electron chi connectivity index (χ3n) is 7.27. The van der Waals surface area contributed by atoms with E-state index in [0.29, 0.717) is 6.07 Å². The van der Waals surface area contributed by atoms with Crippen molar-refractivity contribution < 1.29 is 72.9 Å². The fourth-order valence-electron chi connectivity index (χ4n) is 4.78. The first-order chi connectivity index (χ1) is 28.9. The Bertz CT molecular complexity index is 2930. The molecule has 0 atom stereocenters. The number of nitrogens with two attached hydrogens (primary N) is 1. The monoisotopic (exact) mass is 963 g/mol. The highest BCUT2D eigenvalue weighted by molar-refractivity contribution is 7.94. The van der Waals surface area contributed by atoms with Crippen LogP contribution in [0.5, 0.6) is 5.75 Å². The van der Waals surface area contributed by atoms with Crippen molar-refractivity contribution in [2.75, 3.05) is 28.8 Å². The van der Waals surface area contributed by atoms with E-state index in [4.69, 9.17) is 38.6 Å². The van der Waals surface area contributed by atoms with Gasteiger partial charge in [-0.3, -0.25) is 13.3 Å². The standard InChI is InChI=1S/C28H22ClN11O16S5/c1-31-40-28-34-26(29)33-27(35-28)32-13-2-7-21(60(46,47)48)19(10-13)37-38-23-16-12-20(57-55-53-42)24(25(41)15(16)4-5-17(23)30)39-36-18-6-3-14(11-22(18)61(49,50)51)59(44,45)9-8-52-58-56-54-43/h2-7,10-12,41-43H,8-9,30H2,(H,46,47,48)(H,49,50,51)(H2,32,33,34,35,40). The van der Waals surface area contributed by atoms with Crippen LogP contribution in [0.15, 0.2) is 94.6 Å². The molecule has 0 amide bonds. The van der Waals surface area contributed by atoms with E-state index in [-0.39, 0.29) is 74.3 Å². The van der Waals surface area contributed by atoms with E-state index >= 15 is 0 Å². The predicted octanol–water partition coefficient (Wildman–Crippen LogP) is 6.48. The van der Waals surface area contributed by atoms with Crippen LogP contribution < -0.4 is 16.5 Å². The van der Waals surface area contributed by atoms with E-state index in [1.165, 1.54) is 24.3 Å². The van der Waals surface area contributed by atoms with Gasteiger partial charge in [-0.05, 0) is 66.2 Å². The maximum absolute atomic E-state index is 12.8. The summed E-state index contributed by atoms with van der Waals surface area (Å²) in [6.07, 6.45) is 0. The first kappa shape index (κ1) is 46.6. The molecule has 0 saturated heterocycles. The molecule has 61 heavy (non-hydrogen) atoms. The number of azo groups is 2. The van der Waals surface area contributed by atoms with E-state index in [1.54, 1.807) is 0 Å². The number of fused-ring (bicyclic) bond motifs is 1. The molecular formula is C28H22ClN11O16S5. The van der Waals surface area contributed by atoms with Gasteiger partial charge in [-0.15, -0.1) is 29.1 Å². The molecule has 5 aromatic rings. The van der Waals surface area contributed by atoms with Gasteiger partial charge in [0.15, 0.2) is 27.9 Å². The Morgan fingerprint density at radius 1 is 0.803 bits per heavy atom. The summed E-state index contributed by atoms with van der Waals surface area (Å²) in [7, 11) is -14.4. The van der Waals surface area contributed by atoms with Crippen molar-refractivity contribution >= 4 is 123 Å². The van der Waals surface area contributed by atoms with Gasteiger partial charge in [0, 0.05) is 16.5 Å². The number of halogens is 1. The van der Waals surface area contributed by atoms with Crippen molar-refractivity contribution in [2.24, 2.45) is 20.5 Å². The molecule has 0 aliphatic rings. The molecule has 0 fully saturated rings. The minimum Gasteiger partial charge on any atom is -0.505 e. The van der Waals surface area contributed by atoms with Crippen LogP contribution in [-0.4, -0.2) is 77.3 Å². The number of nitrogens with one attached hydrogen (secondary N) is 2. The molecule has 5 rings (SSSR count). The van der Waals surface area contributed by atoms with Crippen LogP contribution >= 0.6 is 36.0 Å². The second kappa shape index (κ2) is 19.9. The van der Waals surface area contributed by atoms with Crippen molar-refractivity contribution in [3.05, 3.63) is 71.4 Å². The average molecular weight is 964 g/mol. The number of phenolic OH excluding ortho intramolecular Hbond substituents is 1. The van der Waals surface area contributed by atoms with Crippen molar-refractivity contribution in [1.29, 1.82) is 0 Å². The van der Waals surface area contributed by atoms with E-state index in [9.17, 15) is 39.5 Å². The fourth-order valence-corrected chi connectivity index (χ4v) is 8.19. The van der Waals surface area contributed by atoms with Crippen molar-refractivity contribution in [3.63, 3.8) is 0 Å². The number of phenols is 1. The lowest BCUT2D eigenvalue weighted by atomic mass is 10.1. The second-order valence-electron chi connectivity index (χ2n) is 11.0. The molecule has 0 aliphatic carbocycles. The molecule has 27 nitrogen and oxygen atoms in total. The number of hydrogen-bond acceptors (Lipinski definition) is 26. The lowest BCUT2D eigenvalue weighted by Crippen LogP contribution is -2.12. The third kappa shape index (κ3) is 11.9. The first-order valence-corrected chi connectivity index (χ1v) is 21.8. The van der Waals surface area contributed by atoms with Gasteiger partial charge in [0.25, 0.3) is 26.2 Å². The van der Waals surface area contributed by atoms with E-state index in [1.807, 2.05) is 0 Å². The highest BCUT2D eigenvalue weighted by Gasteiger charge is 2.24. The summed E-state index contributed by atoms with van der Waals surface area (Å²) >= 11 is 6.22. The normalized spacial score (nSPS) is 12.3. The Morgan fingerprint density at radius 2 is 1.49 bits per heavy atom. The van der Waals surface area contributed by atoms with Crippen molar-refractivity contribution in [3.8, 4) is 5.75 Å². The fraction of sp³-hybridized carbons (Fsp3) is 0.0714. The number of sulfone groups is 1. The zero-order valence-corrected chi connectivity index (χ0v) is 34.2. The quantitative estimate of drug-likeness (QED) is 0.00641. The Kier molecular flexibility index (Phi) is 15.2. The third-order valence-corrected chi connectivity index (χ3v) is 11.9. The Labute approximate surface area is 355 Å². The molecule has 1 heterocycles. The van der Waals surface area contributed by atoms with Gasteiger partial charge < -0.3 is 16.2 Å². The summed E-state index contributed by atoms with van der Waals surface area (Å²) in [4.78, 5) is 11.9. The van der Waals surface area contributed by atoms with Gasteiger partial charge in [0.05, 0.1) is 39.9 Å². The molecular weight excluding hydrogens is 942 g/mol. The van der Waals surface area contributed by atoms with E-state index in [2.05, 4.69) is 69.8 Å². The maximum atomic E-state index is 12.8. The Balaban J connectivity index is 1.57. The molecule has 0 aliphatic heterocycles. The molecule has 0 bridgehead atoms. The second-order valence-corrected chi connectivity index (χ2v) is 17.5. The number of anilines is 4. The Hall–Kier alpha value is -5.48. The summed E-state index contributed by atoms with van der Waals surface area (Å²) in [5.74, 6) is -1.84. The van der Waals surface area contributed by atoms with Gasteiger partial charge in [0.2, 0.25) is 11.2 Å². The van der Waals surface area contributed by atoms with Crippen LogP contribution in [0.1, 0.15) is 0 Å². The smallest absolute Gasteiger partial charge is 0.299 e. The summed E-state index contributed by atoms with van der Waals surface area (Å²) < 4.78 is 108. The van der Waals surface area contributed by atoms with Crippen LogP contribution in [0.3, 0.4) is 0 Å². The molecule has 0 unspecified atom stereocenters. The molecule has 33 heteroatoms. The molecule has 1 aromatic heterocycles. The highest BCUT2D eigenvalue weighted by atomic mass is 35.5. The van der Waals surface area contributed by atoms with Gasteiger partial charge in [-0.1, -0.05) is 15.5 Å². The number of hydrogen-bond donors (Lipinski definition) is 8. The van der Waals surface area contributed by atoms with Gasteiger partial charge in [-0.2, -0.15) is 43.3 Å². The van der Waals surface area contributed by atoms with Crippen molar-refractivity contribution in [2.45, 2.75) is 19.6 Å². The van der Waals surface area contributed by atoms with Gasteiger partial charge in [-0.25, -0.2) is 18.9 Å². The van der Waals surface area contributed by atoms with Crippen LogP contribution in [0.4, 0.5) is 46.0 Å². The maximum Gasteiger partial charge on any atom is 0.299 e. The SMILES string of the molecule is [C-]#[N+]Nc1nc(Cl)nc(Nc2ccc(S(=O)(=O)O)c(N=Nc3c(N)ccc4c(O)c(N=Nc5ccc(S(=O)(=O)CCOSOOO)cc5S(=O)(=O)O)c(SOOO)cc34)c2)n1. The van der Waals surface area contributed by atoms with E-state index in [0.717, 1.165) is 24.3 Å². The summed E-state index contributed by atoms with van der Waals surface area (Å²) in [5, 5.41) is 53.4. The topological polar surface area (TPSA) is 392 Å².